The Bertz CT molecular complexity index is 657. The van der Waals surface area contributed by atoms with E-state index < -0.39 is 11.7 Å². The summed E-state index contributed by atoms with van der Waals surface area (Å²) in [6.07, 6.45) is -3.11. The van der Waals surface area contributed by atoms with E-state index in [0.29, 0.717) is 11.4 Å². The smallest absolute Gasteiger partial charge is 0.371 e. The highest BCUT2D eigenvalue weighted by atomic mass is 19.4. The summed E-state index contributed by atoms with van der Waals surface area (Å²) in [6.45, 7) is 2.15. The molecule has 1 saturated heterocycles. The molecule has 1 heterocycles. The van der Waals surface area contributed by atoms with E-state index in [-0.39, 0.29) is 0 Å². The quantitative estimate of drug-likeness (QED) is 0.704. The van der Waals surface area contributed by atoms with Gasteiger partial charge in [0.1, 0.15) is 0 Å². The third kappa shape index (κ3) is 3.27. The summed E-state index contributed by atoms with van der Waals surface area (Å²) in [4.78, 5) is 2.26. The molecule has 0 saturated carbocycles. The van der Waals surface area contributed by atoms with Gasteiger partial charge in [-0.3, -0.25) is 0 Å². The Morgan fingerprint density at radius 3 is 1.68 bits per heavy atom. The van der Waals surface area contributed by atoms with Crippen LogP contribution in [0.5, 0.6) is 0 Å². The molecule has 114 valence electrons. The highest BCUT2D eigenvalue weighted by Crippen LogP contribution is 2.31. The molecule has 0 bridgehead atoms. The lowest BCUT2D eigenvalue weighted by Crippen LogP contribution is -2.36. The molecular formula is C16H14F3N3. The van der Waals surface area contributed by atoms with Crippen molar-refractivity contribution in [2.45, 2.75) is 12.6 Å². The van der Waals surface area contributed by atoms with Gasteiger partial charge in [-0.25, -0.2) is 0 Å². The van der Waals surface area contributed by atoms with Crippen molar-refractivity contribution in [3.8, 4) is 0 Å². The average molecular weight is 305 g/mol. The van der Waals surface area contributed by atoms with Gasteiger partial charge in [0.2, 0.25) is 0 Å². The van der Waals surface area contributed by atoms with Crippen molar-refractivity contribution in [1.29, 1.82) is 0 Å². The van der Waals surface area contributed by atoms with Gasteiger partial charge in [0.15, 0.2) is 0 Å². The van der Waals surface area contributed by atoms with Crippen molar-refractivity contribution in [3.63, 3.8) is 0 Å². The second-order valence-electron chi connectivity index (χ2n) is 5.10. The lowest BCUT2D eigenvalue weighted by Gasteiger charge is -2.33. The van der Waals surface area contributed by atoms with Crippen LogP contribution >= 0.6 is 0 Å². The van der Waals surface area contributed by atoms with Crippen LogP contribution in [0.25, 0.3) is 0 Å². The normalized spacial score (nSPS) is 15.1. The largest absolute Gasteiger partial charge is 0.416 e. The molecule has 0 aromatic heterocycles. The molecule has 22 heavy (non-hydrogen) atoms. The average Bonchev–Trinajstić information content (AvgIpc) is 2.44. The molecule has 1 aliphatic heterocycles. The Labute approximate surface area is 126 Å². The predicted molar refractivity (Wildman–Crippen MR) is 78.9 cm³/mol. The van der Waals surface area contributed by atoms with E-state index >= 15 is 0 Å². The van der Waals surface area contributed by atoms with Crippen molar-refractivity contribution < 1.29 is 13.2 Å². The molecule has 1 aliphatic rings. The van der Waals surface area contributed by atoms with Gasteiger partial charge in [0.05, 0.1) is 16.9 Å². The minimum atomic E-state index is -4.33. The number of hydrogen-bond acceptors (Lipinski definition) is 3. The van der Waals surface area contributed by atoms with E-state index in [0.717, 1.165) is 30.9 Å². The van der Waals surface area contributed by atoms with E-state index in [1.54, 1.807) is 0 Å². The summed E-state index contributed by atoms with van der Waals surface area (Å²) in [6, 6.07) is 12.3. The molecule has 0 amide bonds. The summed E-state index contributed by atoms with van der Waals surface area (Å²) in [5, 5.41) is 7.99. The van der Waals surface area contributed by atoms with E-state index in [4.69, 9.17) is 0 Å². The lowest BCUT2D eigenvalue weighted by atomic mass is 10.2. The molecule has 2 aromatic rings. The van der Waals surface area contributed by atoms with Crippen LogP contribution in [0.4, 0.5) is 30.2 Å². The highest BCUT2D eigenvalue weighted by molar-refractivity contribution is 5.54. The second-order valence-corrected chi connectivity index (χ2v) is 5.10. The van der Waals surface area contributed by atoms with Crippen LogP contribution in [0.15, 0.2) is 58.8 Å². The lowest BCUT2D eigenvalue weighted by molar-refractivity contribution is -0.137. The fraction of sp³-hybridized carbons (Fsp3) is 0.250. The van der Waals surface area contributed by atoms with Gasteiger partial charge >= 0.3 is 6.18 Å². The van der Waals surface area contributed by atoms with Gasteiger partial charge in [-0.15, -0.1) is 0 Å². The standard InChI is InChI=1S/C16H14F3N3/c17-16(18,19)12-2-4-13(5-3-12)20-21-14-6-8-15(9-7-14)22-10-1-11-22/h2-9H,1,10-11H2. The zero-order chi connectivity index (χ0) is 15.6. The Kier molecular flexibility index (Phi) is 3.83. The maximum atomic E-state index is 12.4. The molecule has 0 radical (unpaired) electrons. The van der Waals surface area contributed by atoms with Gasteiger partial charge in [-0.05, 0) is 55.0 Å². The molecule has 0 spiro atoms. The summed E-state index contributed by atoms with van der Waals surface area (Å²) in [5.41, 5.74) is 1.52. The first-order valence-electron chi connectivity index (χ1n) is 6.96. The molecule has 3 rings (SSSR count). The zero-order valence-electron chi connectivity index (χ0n) is 11.7. The number of azo groups is 1. The van der Waals surface area contributed by atoms with Crippen LogP contribution in [0.1, 0.15) is 12.0 Å². The highest BCUT2D eigenvalue weighted by Gasteiger charge is 2.29. The van der Waals surface area contributed by atoms with E-state index in [1.807, 2.05) is 24.3 Å². The number of rotatable bonds is 3. The number of anilines is 1. The summed E-state index contributed by atoms with van der Waals surface area (Å²) in [7, 11) is 0. The molecule has 6 heteroatoms. The number of hydrogen-bond donors (Lipinski definition) is 0. The van der Waals surface area contributed by atoms with Crippen LogP contribution in [0.3, 0.4) is 0 Å². The number of benzene rings is 2. The van der Waals surface area contributed by atoms with Gasteiger partial charge in [-0.2, -0.15) is 23.4 Å². The molecule has 0 atom stereocenters. The van der Waals surface area contributed by atoms with Crippen LogP contribution in [-0.4, -0.2) is 13.1 Å². The third-order valence-corrected chi connectivity index (χ3v) is 3.55. The first-order valence-corrected chi connectivity index (χ1v) is 6.96. The monoisotopic (exact) mass is 305 g/mol. The van der Waals surface area contributed by atoms with Crippen molar-refractivity contribution in [2.24, 2.45) is 10.2 Å². The minimum Gasteiger partial charge on any atom is -0.371 e. The molecule has 0 unspecified atom stereocenters. The number of nitrogens with zero attached hydrogens (tertiary/aromatic N) is 3. The van der Waals surface area contributed by atoms with Crippen LogP contribution in [-0.2, 0) is 6.18 Å². The SMILES string of the molecule is FC(F)(F)c1ccc(N=Nc2ccc(N3CCC3)cc2)cc1. The van der Waals surface area contributed by atoms with Crippen LogP contribution in [0.2, 0.25) is 0 Å². The minimum absolute atomic E-state index is 0.389. The predicted octanol–water partition coefficient (Wildman–Crippen LogP) is 5.33. The fourth-order valence-corrected chi connectivity index (χ4v) is 2.14. The fourth-order valence-electron chi connectivity index (χ4n) is 2.14. The third-order valence-electron chi connectivity index (χ3n) is 3.55. The summed E-state index contributed by atoms with van der Waals surface area (Å²) in [5.74, 6) is 0. The van der Waals surface area contributed by atoms with E-state index in [9.17, 15) is 13.2 Å². The summed E-state index contributed by atoms with van der Waals surface area (Å²) >= 11 is 0. The van der Waals surface area contributed by atoms with Crippen molar-refractivity contribution in [2.75, 3.05) is 18.0 Å². The van der Waals surface area contributed by atoms with Crippen molar-refractivity contribution >= 4 is 17.1 Å². The van der Waals surface area contributed by atoms with Crippen molar-refractivity contribution in [3.05, 3.63) is 54.1 Å². The molecular weight excluding hydrogens is 291 g/mol. The molecule has 1 fully saturated rings. The van der Waals surface area contributed by atoms with E-state index in [1.165, 1.54) is 18.6 Å². The molecule has 0 N–H and O–H groups in total. The molecule has 3 nitrogen and oxygen atoms in total. The molecule has 2 aromatic carbocycles. The first kappa shape index (κ1) is 14.6. The first-order chi connectivity index (χ1) is 10.5. The number of halogens is 3. The topological polar surface area (TPSA) is 28.0 Å². The maximum Gasteiger partial charge on any atom is 0.416 e. The maximum absolute atomic E-state index is 12.4. The Morgan fingerprint density at radius 1 is 0.773 bits per heavy atom. The van der Waals surface area contributed by atoms with Gasteiger partial charge in [0, 0.05) is 18.8 Å². The Balaban J connectivity index is 1.68. The van der Waals surface area contributed by atoms with Gasteiger partial charge < -0.3 is 4.90 Å². The van der Waals surface area contributed by atoms with Crippen LogP contribution in [0, 0.1) is 0 Å². The summed E-state index contributed by atoms with van der Waals surface area (Å²) < 4.78 is 37.3. The molecule has 0 aliphatic carbocycles. The van der Waals surface area contributed by atoms with Crippen molar-refractivity contribution in [1.82, 2.24) is 0 Å². The Hall–Kier alpha value is -2.37. The zero-order valence-corrected chi connectivity index (χ0v) is 11.7. The van der Waals surface area contributed by atoms with Gasteiger partial charge in [0.25, 0.3) is 0 Å². The number of alkyl halides is 3. The second kappa shape index (κ2) is 5.79. The van der Waals surface area contributed by atoms with Crippen LogP contribution < -0.4 is 4.90 Å². The van der Waals surface area contributed by atoms with E-state index in [2.05, 4.69) is 15.1 Å². The van der Waals surface area contributed by atoms with Gasteiger partial charge in [-0.1, -0.05) is 0 Å². The Morgan fingerprint density at radius 2 is 1.27 bits per heavy atom.